The Morgan fingerprint density at radius 2 is 2.03 bits per heavy atom. The summed E-state index contributed by atoms with van der Waals surface area (Å²) in [7, 11) is 1.70. The Balaban J connectivity index is 1.38. The smallest absolute Gasteiger partial charge is 0.216 e. The van der Waals surface area contributed by atoms with Crippen LogP contribution in [0.5, 0.6) is 23.0 Å². The summed E-state index contributed by atoms with van der Waals surface area (Å²) < 4.78 is 18.4. The summed E-state index contributed by atoms with van der Waals surface area (Å²) >= 11 is 0. The fraction of sp³-hybridized carbons (Fsp3) is 0.536. The molecule has 1 saturated carbocycles. The first kappa shape index (κ1) is 21.0. The minimum absolute atomic E-state index is 0.151. The van der Waals surface area contributed by atoms with E-state index in [1.165, 1.54) is 16.7 Å². The van der Waals surface area contributed by atoms with Crippen molar-refractivity contribution in [2.75, 3.05) is 26.8 Å². The van der Waals surface area contributed by atoms with Crippen LogP contribution < -0.4 is 14.2 Å². The lowest BCUT2D eigenvalue weighted by Gasteiger charge is -2.58. The monoisotopic (exact) mass is 447 g/mol. The summed E-state index contributed by atoms with van der Waals surface area (Å²) in [5, 5.41) is 0. The highest BCUT2D eigenvalue weighted by Crippen LogP contribution is 2.68. The normalized spacial score (nSPS) is 27.2. The number of rotatable bonds is 7. The van der Waals surface area contributed by atoms with Crippen LogP contribution in [0.25, 0.3) is 0 Å². The molecule has 2 aliphatic carbocycles. The van der Waals surface area contributed by atoms with Crippen LogP contribution in [0.15, 0.2) is 30.3 Å². The number of aryl methyl sites for hydroxylation is 1. The number of Topliss-reactive ketones (excluding diaryl/α,β-unsaturated/α-hetero) is 1. The lowest BCUT2D eigenvalue weighted by atomic mass is 9.52. The number of ether oxygens (including phenoxy) is 3. The second-order valence-corrected chi connectivity index (χ2v) is 10.1. The molecule has 33 heavy (non-hydrogen) atoms. The minimum atomic E-state index is -0.151. The van der Waals surface area contributed by atoms with Crippen LogP contribution in [0.4, 0.5) is 0 Å². The van der Waals surface area contributed by atoms with Crippen molar-refractivity contribution in [1.82, 2.24) is 4.90 Å². The van der Waals surface area contributed by atoms with Crippen LogP contribution in [0.3, 0.4) is 0 Å². The fourth-order valence-corrected chi connectivity index (χ4v) is 7.07. The van der Waals surface area contributed by atoms with Gasteiger partial charge in [-0.3, -0.25) is 9.69 Å². The number of fused-ring (bicyclic) bond motifs is 3. The summed E-state index contributed by atoms with van der Waals surface area (Å²) in [4.78, 5) is 15.5. The number of ketones is 1. The summed E-state index contributed by atoms with van der Waals surface area (Å²) in [5.41, 5.74) is 3.69. The molecule has 0 spiro atoms. The number of likely N-dealkylation sites (tertiary alicyclic amines) is 1. The van der Waals surface area contributed by atoms with Crippen molar-refractivity contribution in [1.29, 1.82) is 0 Å². The molecule has 5 heteroatoms. The molecular weight excluding hydrogens is 414 g/mol. The van der Waals surface area contributed by atoms with Gasteiger partial charge in [-0.15, -0.1) is 0 Å². The van der Waals surface area contributed by atoms with E-state index in [0.717, 1.165) is 68.2 Å². The first-order chi connectivity index (χ1) is 16.2. The lowest BCUT2D eigenvalue weighted by molar-refractivity contribution is -0.127. The number of methoxy groups -OCH3 is 1. The molecular formula is C28H33NO4. The van der Waals surface area contributed by atoms with Crippen LogP contribution in [-0.2, 0) is 23.1 Å². The number of nitrogens with zero attached hydrogens (tertiary/aromatic N) is 1. The second kappa shape index (κ2) is 8.05. The molecule has 174 valence electrons. The van der Waals surface area contributed by atoms with Crippen molar-refractivity contribution in [3.63, 3.8) is 0 Å². The van der Waals surface area contributed by atoms with Crippen molar-refractivity contribution < 1.29 is 19.0 Å². The average Bonchev–Trinajstić information content (AvgIpc) is 3.63. The Labute approximate surface area is 196 Å². The third kappa shape index (κ3) is 3.27. The van der Waals surface area contributed by atoms with Gasteiger partial charge in [0.2, 0.25) is 11.5 Å². The largest absolute Gasteiger partial charge is 0.490 e. The lowest BCUT2D eigenvalue weighted by Crippen LogP contribution is -2.61. The fourth-order valence-electron chi connectivity index (χ4n) is 7.07. The predicted octanol–water partition coefficient (Wildman–Crippen LogP) is 5.07. The first-order valence-electron chi connectivity index (χ1n) is 12.5. The SMILES string of the molecule is CCN1CC[C@]23CC(=O)CC[C@H]2[C@H]1Cc1c2c(c(OC)c(OCCCc4ccccc4)c13)O2. The van der Waals surface area contributed by atoms with Gasteiger partial charge in [0.1, 0.15) is 5.78 Å². The van der Waals surface area contributed by atoms with Crippen LogP contribution in [0, 0.1) is 5.92 Å². The van der Waals surface area contributed by atoms with Crippen molar-refractivity contribution in [2.45, 2.75) is 63.3 Å². The molecule has 0 aromatic heterocycles. The maximum Gasteiger partial charge on any atom is 0.216 e. The van der Waals surface area contributed by atoms with Gasteiger partial charge in [-0.25, -0.2) is 0 Å². The number of likely N-dealkylation sites (N-methyl/N-ethyl adjacent to an activating group) is 1. The van der Waals surface area contributed by atoms with Gasteiger partial charge in [0, 0.05) is 35.4 Å². The van der Waals surface area contributed by atoms with Crippen molar-refractivity contribution >= 4 is 5.78 Å². The predicted molar refractivity (Wildman–Crippen MR) is 127 cm³/mol. The third-order valence-corrected chi connectivity index (χ3v) is 8.54. The molecule has 2 heterocycles. The van der Waals surface area contributed by atoms with E-state index in [2.05, 4.69) is 36.1 Å². The van der Waals surface area contributed by atoms with Gasteiger partial charge in [0.15, 0.2) is 11.5 Å². The minimum Gasteiger partial charge on any atom is -0.490 e. The number of piperidine rings is 1. The number of hydrogen-bond acceptors (Lipinski definition) is 5. The van der Waals surface area contributed by atoms with E-state index in [-0.39, 0.29) is 5.41 Å². The van der Waals surface area contributed by atoms with Gasteiger partial charge in [-0.05, 0) is 56.7 Å². The van der Waals surface area contributed by atoms with E-state index in [1.54, 1.807) is 7.11 Å². The van der Waals surface area contributed by atoms with E-state index < -0.39 is 0 Å². The highest BCUT2D eigenvalue weighted by atomic mass is 16.6. The Morgan fingerprint density at radius 3 is 2.82 bits per heavy atom. The third-order valence-electron chi connectivity index (χ3n) is 8.54. The maximum absolute atomic E-state index is 12.8. The average molecular weight is 448 g/mol. The molecule has 6 rings (SSSR count). The number of hydrogen-bond donors (Lipinski definition) is 0. The molecule has 1 saturated heterocycles. The number of carbonyl (C=O) groups excluding carboxylic acids is 1. The molecule has 0 unspecified atom stereocenters. The Kier molecular flexibility index (Phi) is 5.13. The summed E-state index contributed by atoms with van der Waals surface area (Å²) in [6.45, 7) is 4.98. The summed E-state index contributed by atoms with van der Waals surface area (Å²) in [5.74, 6) is 4.28. The van der Waals surface area contributed by atoms with Gasteiger partial charge in [-0.1, -0.05) is 37.3 Å². The number of benzene rings is 2. The standard InChI is InChI=1S/C28H33NO4/c1-3-29-14-13-28-17-19(30)11-12-21(28)22(29)16-20-23(28)25(26(31-2)27-24(20)33-27)32-15-7-10-18-8-5-4-6-9-18/h4-6,8-9,21-22H,3,7,10-17H2,1-2H3/t21-,22+,28-/m0/s1. The van der Waals surface area contributed by atoms with Crippen LogP contribution in [0.1, 0.15) is 55.7 Å². The molecule has 2 aromatic carbocycles. The van der Waals surface area contributed by atoms with Crippen molar-refractivity contribution in [3.8, 4) is 23.0 Å². The molecule has 0 amide bonds. The first-order valence-corrected chi connectivity index (χ1v) is 12.5. The van der Waals surface area contributed by atoms with Crippen molar-refractivity contribution in [2.24, 2.45) is 5.92 Å². The zero-order valence-electron chi connectivity index (χ0n) is 19.7. The molecule has 2 bridgehead atoms. The molecule has 5 nitrogen and oxygen atoms in total. The highest BCUT2D eigenvalue weighted by molar-refractivity contribution is 5.84. The zero-order chi connectivity index (χ0) is 22.6. The van der Waals surface area contributed by atoms with E-state index in [0.29, 0.717) is 37.2 Å². The van der Waals surface area contributed by atoms with Gasteiger partial charge < -0.3 is 14.2 Å². The van der Waals surface area contributed by atoms with E-state index in [9.17, 15) is 4.79 Å². The molecule has 4 aliphatic rings. The van der Waals surface area contributed by atoms with Gasteiger partial charge in [-0.2, -0.15) is 0 Å². The highest BCUT2D eigenvalue weighted by Gasteiger charge is 2.59. The molecule has 0 radical (unpaired) electrons. The summed E-state index contributed by atoms with van der Waals surface area (Å²) in [6, 6.07) is 11.0. The quantitative estimate of drug-likeness (QED) is 0.374. The second-order valence-electron chi connectivity index (χ2n) is 10.1. The van der Waals surface area contributed by atoms with Crippen LogP contribution in [-0.4, -0.2) is 43.5 Å². The van der Waals surface area contributed by atoms with Crippen molar-refractivity contribution in [3.05, 3.63) is 47.0 Å². The molecule has 2 fully saturated rings. The molecule has 2 aromatic rings. The van der Waals surface area contributed by atoms with Gasteiger partial charge in [0.05, 0.1) is 13.7 Å². The van der Waals surface area contributed by atoms with Gasteiger partial charge >= 0.3 is 0 Å². The Hall–Kier alpha value is -2.53. The zero-order valence-corrected chi connectivity index (χ0v) is 19.7. The number of carbonyl (C=O) groups is 1. The van der Waals surface area contributed by atoms with Crippen LogP contribution >= 0.6 is 0 Å². The van der Waals surface area contributed by atoms with Gasteiger partial charge in [0.25, 0.3) is 0 Å². The summed E-state index contributed by atoms with van der Waals surface area (Å²) in [6.07, 6.45) is 6.21. The molecule has 0 N–H and O–H groups in total. The van der Waals surface area contributed by atoms with E-state index in [1.807, 2.05) is 6.07 Å². The van der Waals surface area contributed by atoms with Crippen LogP contribution in [0.2, 0.25) is 0 Å². The molecule has 3 atom stereocenters. The topological polar surface area (TPSA) is 51.3 Å². The van der Waals surface area contributed by atoms with E-state index >= 15 is 0 Å². The Morgan fingerprint density at radius 1 is 1.18 bits per heavy atom. The maximum atomic E-state index is 12.8. The Bertz CT molecular complexity index is 1080. The molecule has 2 aliphatic heterocycles. The van der Waals surface area contributed by atoms with E-state index in [4.69, 9.17) is 14.2 Å².